The Labute approximate surface area is 153 Å². The van der Waals surface area contributed by atoms with Crippen molar-refractivity contribution in [1.82, 2.24) is 5.32 Å². The molecule has 1 heterocycles. The first kappa shape index (κ1) is 16.4. The Balaban J connectivity index is 1.63. The van der Waals surface area contributed by atoms with Gasteiger partial charge in [0.05, 0.1) is 5.70 Å². The number of ketones is 2. The summed E-state index contributed by atoms with van der Waals surface area (Å²) in [5.41, 5.74) is 0.871. The summed E-state index contributed by atoms with van der Waals surface area (Å²) in [6, 6.07) is 0. The van der Waals surface area contributed by atoms with Crippen molar-refractivity contribution in [3.63, 3.8) is 0 Å². The Morgan fingerprint density at radius 1 is 1.23 bits per heavy atom. The summed E-state index contributed by atoms with van der Waals surface area (Å²) in [4.78, 5) is 36.8. The number of hydrogen-bond acceptors (Lipinski definition) is 4. The molecule has 26 heavy (non-hydrogen) atoms. The molecule has 0 aromatic rings. The van der Waals surface area contributed by atoms with Gasteiger partial charge in [-0.25, -0.2) is 0 Å². The number of rotatable bonds is 1. The summed E-state index contributed by atoms with van der Waals surface area (Å²) in [6.45, 7) is 5.78. The molecule has 5 aliphatic rings. The Morgan fingerprint density at radius 3 is 2.73 bits per heavy atom. The van der Waals surface area contributed by atoms with E-state index in [1.54, 1.807) is 0 Å². The van der Waals surface area contributed by atoms with E-state index in [-0.39, 0.29) is 28.6 Å². The standard InChI is InChI=1S/C21H25NO4/c1-10(23)22-16-14-5-4-11-12-6-7-15(24)20(12,2)9-8-13(11)21(14,3)19-18(26-19)17(16)25/h4-5,11-13,18-19H,6-9H2,1-3H3,(H,22,23)/t11-,12-,13-,18-,19?,20-,21+/m0/s1. The molecule has 0 aromatic carbocycles. The zero-order valence-corrected chi connectivity index (χ0v) is 15.5. The van der Waals surface area contributed by atoms with Gasteiger partial charge in [0.25, 0.3) is 0 Å². The fourth-order valence-corrected chi connectivity index (χ4v) is 6.59. The van der Waals surface area contributed by atoms with Crippen LogP contribution in [0, 0.1) is 28.6 Å². The molecule has 5 heteroatoms. The molecule has 7 atom stereocenters. The molecule has 0 bridgehead atoms. The van der Waals surface area contributed by atoms with Gasteiger partial charge in [-0.15, -0.1) is 0 Å². The van der Waals surface area contributed by atoms with E-state index in [4.69, 9.17) is 4.74 Å². The smallest absolute Gasteiger partial charge is 0.221 e. The summed E-state index contributed by atoms with van der Waals surface area (Å²) in [6.07, 6.45) is 7.25. The second-order valence-electron chi connectivity index (χ2n) is 9.16. The van der Waals surface area contributed by atoms with Gasteiger partial charge in [0.2, 0.25) is 11.7 Å². The monoisotopic (exact) mass is 355 g/mol. The van der Waals surface area contributed by atoms with E-state index in [1.807, 2.05) is 6.08 Å². The minimum absolute atomic E-state index is 0.0959. The van der Waals surface area contributed by atoms with Crippen LogP contribution in [0.15, 0.2) is 23.4 Å². The van der Waals surface area contributed by atoms with Crippen LogP contribution in [-0.4, -0.2) is 29.7 Å². The summed E-state index contributed by atoms with van der Waals surface area (Å²) < 4.78 is 5.84. The molecule has 0 aromatic heterocycles. The van der Waals surface area contributed by atoms with E-state index in [0.717, 1.165) is 24.8 Å². The number of nitrogens with one attached hydrogen (secondary N) is 1. The second kappa shape index (κ2) is 4.94. The first-order valence-corrected chi connectivity index (χ1v) is 9.72. The number of carbonyl (C=O) groups excluding carboxylic acids is 3. The van der Waals surface area contributed by atoms with E-state index in [0.29, 0.717) is 35.7 Å². The molecule has 3 fully saturated rings. The highest BCUT2D eigenvalue weighted by atomic mass is 16.6. The fraction of sp³-hybridized carbons (Fsp3) is 0.667. The molecule has 1 amide bonds. The van der Waals surface area contributed by atoms with Crippen molar-refractivity contribution in [2.24, 2.45) is 28.6 Å². The molecule has 1 aliphatic heterocycles. The average Bonchev–Trinajstić information content (AvgIpc) is 3.34. The molecule has 1 N–H and O–H groups in total. The van der Waals surface area contributed by atoms with Crippen LogP contribution in [0.1, 0.15) is 46.5 Å². The Bertz CT molecular complexity index is 811. The lowest BCUT2D eigenvalue weighted by Crippen LogP contribution is -2.53. The maximum Gasteiger partial charge on any atom is 0.221 e. The van der Waals surface area contributed by atoms with Crippen LogP contribution in [0.3, 0.4) is 0 Å². The van der Waals surface area contributed by atoms with Crippen molar-refractivity contribution < 1.29 is 19.1 Å². The van der Waals surface area contributed by atoms with Crippen molar-refractivity contribution >= 4 is 17.5 Å². The second-order valence-corrected chi connectivity index (χ2v) is 9.16. The number of amides is 1. The maximum atomic E-state index is 12.7. The van der Waals surface area contributed by atoms with Crippen LogP contribution < -0.4 is 5.32 Å². The Morgan fingerprint density at radius 2 is 2.00 bits per heavy atom. The van der Waals surface area contributed by atoms with Gasteiger partial charge < -0.3 is 10.1 Å². The lowest BCUT2D eigenvalue weighted by atomic mass is 9.49. The summed E-state index contributed by atoms with van der Waals surface area (Å²) in [7, 11) is 0. The van der Waals surface area contributed by atoms with Gasteiger partial charge in [0.15, 0.2) is 0 Å². The van der Waals surface area contributed by atoms with Crippen molar-refractivity contribution in [2.45, 2.75) is 58.7 Å². The third-order valence-electron chi connectivity index (χ3n) is 8.04. The van der Waals surface area contributed by atoms with Gasteiger partial charge in [-0.2, -0.15) is 0 Å². The lowest BCUT2D eigenvalue weighted by Gasteiger charge is -2.54. The van der Waals surface area contributed by atoms with Crippen LogP contribution in [0.25, 0.3) is 0 Å². The maximum absolute atomic E-state index is 12.7. The first-order valence-electron chi connectivity index (χ1n) is 9.72. The molecular formula is C21H25NO4. The van der Waals surface area contributed by atoms with Crippen molar-refractivity contribution in [3.05, 3.63) is 23.4 Å². The van der Waals surface area contributed by atoms with Crippen LogP contribution in [0.5, 0.6) is 0 Å². The van der Waals surface area contributed by atoms with Gasteiger partial charge in [-0.05, 0) is 42.6 Å². The highest BCUT2D eigenvalue weighted by Gasteiger charge is 2.68. The minimum Gasteiger partial charge on any atom is -0.360 e. The van der Waals surface area contributed by atoms with E-state index in [2.05, 4.69) is 25.2 Å². The van der Waals surface area contributed by atoms with Crippen LogP contribution in [0.4, 0.5) is 0 Å². The predicted molar refractivity (Wildman–Crippen MR) is 93.8 cm³/mol. The minimum atomic E-state index is -0.420. The van der Waals surface area contributed by atoms with E-state index in [1.165, 1.54) is 6.92 Å². The van der Waals surface area contributed by atoms with Crippen molar-refractivity contribution in [2.75, 3.05) is 0 Å². The molecule has 0 spiro atoms. The third-order valence-corrected chi connectivity index (χ3v) is 8.04. The largest absolute Gasteiger partial charge is 0.360 e. The fourth-order valence-electron chi connectivity index (χ4n) is 6.59. The average molecular weight is 355 g/mol. The number of ether oxygens (including phenoxy) is 1. The molecular weight excluding hydrogens is 330 g/mol. The lowest BCUT2D eigenvalue weighted by molar-refractivity contribution is -0.130. The summed E-state index contributed by atoms with van der Waals surface area (Å²) in [5, 5.41) is 2.78. The number of Topliss-reactive ketones (excluding diaryl/α,β-unsaturated/α-hetero) is 2. The molecule has 5 nitrogen and oxygen atoms in total. The number of hydrogen-bond donors (Lipinski definition) is 1. The summed E-state index contributed by atoms with van der Waals surface area (Å²) >= 11 is 0. The Hall–Kier alpha value is -1.75. The number of fused-ring (bicyclic) bond motifs is 7. The topological polar surface area (TPSA) is 75.8 Å². The van der Waals surface area contributed by atoms with E-state index in [9.17, 15) is 14.4 Å². The van der Waals surface area contributed by atoms with E-state index < -0.39 is 6.10 Å². The number of allylic oxidation sites excluding steroid dienone is 2. The zero-order valence-electron chi connectivity index (χ0n) is 15.5. The van der Waals surface area contributed by atoms with Gasteiger partial charge >= 0.3 is 0 Å². The van der Waals surface area contributed by atoms with Gasteiger partial charge in [0.1, 0.15) is 18.0 Å². The van der Waals surface area contributed by atoms with Gasteiger partial charge in [-0.3, -0.25) is 14.4 Å². The van der Waals surface area contributed by atoms with Crippen molar-refractivity contribution in [1.29, 1.82) is 0 Å². The Kier molecular flexibility index (Phi) is 3.12. The highest BCUT2D eigenvalue weighted by molar-refractivity contribution is 6.06. The molecule has 0 radical (unpaired) electrons. The SMILES string of the molecule is CC(=O)NC1=C2C=C[C@H]3[C@@H]4CCC(=O)[C@@]4(C)CC[C@@H]3[C@@]2(C)C2O[C@H]2C1=O. The van der Waals surface area contributed by atoms with E-state index >= 15 is 0 Å². The highest BCUT2D eigenvalue weighted by Crippen LogP contribution is 2.65. The first-order chi connectivity index (χ1) is 12.3. The van der Waals surface area contributed by atoms with Crippen LogP contribution in [-0.2, 0) is 19.1 Å². The normalized spacial score (nSPS) is 48.5. The molecule has 5 rings (SSSR count). The molecule has 1 unspecified atom stereocenters. The van der Waals surface area contributed by atoms with Gasteiger partial charge in [-0.1, -0.05) is 26.0 Å². The zero-order chi connectivity index (χ0) is 18.4. The number of epoxide rings is 1. The quantitative estimate of drug-likeness (QED) is 0.733. The molecule has 2 saturated carbocycles. The predicted octanol–water partition coefficient (Wildman–Crippen LogP) is 2.31. The summed E-state index contributed by atoms with van der Waals surface area (Å²) in [5.74, 6) is 1.15. The molecule has 4 aliphatic carbocycles. The van der Waals surface area contributed by atoms with Crippen molar-refractivity contribution in [3.8, 4) is 0 Å². The van der Waals surface area contributed by atoms with Crippen LogP contribution >= 0.6 is 0 Å². The van der Waals surface area contributed by atoms with Gasteiger partial charge in [0, 0.05) is 24.2 Å². The van der Waals surface area contributed by atoms with Crippen LogP contribution in [0.2, 0.25) is 0 Å². The molecule has 1 saturated heterocycles. The third kappa shape index (κ3) is 1.82. The number of carbonyl (C=O) groups is 3. The molecule has 138 valence electrons.